The second-order valence-electron chi connectivity index (χ2n) is 4.79. The molecule has 17 heavy (non-hydrogen) atoms. The van der Waals surface area contributed by atoms with Crippen LogP contribution in [0.4, 0.5) is 0 Å². The third-order valence-electron chi connectivity index (χ3n) is 3.59. The molecular weight excluding hydrogens is 248 g/mol. The van der Waals surface area contributed by atoms with Crippen LogP contribution in [0.1, 0.15) is 36.3 Å². The highest BCUT2D eigenvalue weighted by Crippen LogP contribution is 2.26. The first-order valence-electron chi connectivity index (χ1n) is 6.44. The van der Waals surface area contributed by atoms with Gasteiger partial charge in [0.2, 0.25) is 0 Å². The molecule has 2 atom stereocenters. The van der Waals surface area contributed by atoms with Crippen LogP contribution in [0.5, 0.6) is 0 Å². The Morgan fingerprint density at radius 1 is 1.53 bits per heavy atom. The average Bonchev–Trinajstić information content (AvgIpc) is 2.76. The van der Waals surface area contributed by atoms with E-state index in [1.807, 2.05) is 17.3 Å². The van der Waals surface area contributed by atoms with E-state index in [0.29, 0.717) is 0 Å². The zero-order valence-corrected chi connectivity index (χ0v) is 12.4. The van der Waals surface area contributed by atoms with Gasteiger partial charge in [-0.15, -0.1) is 11.3 Å². The third kappa shape index (κ3) is 3.97. The number of hydrogen-bond acceptors (Lipinski definition) is 4. The Morgan fingerprint density at radius 3 is 3.12 bits per heavy atom. The molecule has 2 rings (SSSR count). The van der Waals surface area contributed by atoms with E-state index in [4.69, 9.17) is 0 Å². The van der Waals surface area contributed by atoms with Gasteiger partial charge in [0.05, 0.1) is 11.2 Å². The van der Waals surface area contributed by atoms with Gasteiger partial charge >= 0.3 is 0 Å². The van der Waals surface area contributed by atoms with Gasteiger partial charge in [-0.2, -0.15) is 11.8 Å². The maximum absolute atomic E-state index is 4.29. The molecule has 1 heterocycles. The van der Waals surface area contributed by atoms with Crippen LogP contribution >= 0.6 is 23.1 Å². The Labute approximate surface area is 113 Å². The van der Waals surface area contributed by atoms with E-state index >= 15 is 0 Å². The summed E-state index contributed by atoms with van der Waals surface area (Å²) in [5, 5.41) is 4.60. The summed E-state index contributed by atoms with van der Waals surface area (Å²) in [7, 11) is 0. The number of thiazole rings is 1. The molecule has 0 aromatic carbocycles. The first kappa shape index (κ1) is 13.4. The van der Waals surface area contributed by atoms with E-state index in [-0.39, 0.29) is 0 Å². The molecule has 4 heteroatoms. The Balaban J connectivity index is 1.70. The molecular formula is C13H22N2S2. The van der Waals surface area contributed by atoms with Crippen LogP contribution in [0, 0.1) is 6.92 Å². The van der Waals surface area contributed by atoms with Crippen molar-refractivity contribution in [2.24, 2.45) is 0 Å². The third-order valence-corrected chi connectivity index (χ3v) is 5.68. The molecule has 2 unspecified atom stereocenters. The fraction of sp³-hybridized carbons (Fsp3) is 0.769. The molecule has 1 saturated carbocycles. The number of aryl methyl sites for hydroxylation is 1. The van der Waals surface area contributed by atoms with Gasteiger partial charge in [-0.3, -0.25) is 0 Å². The number of nitrogens with one attached hydrogen (secondary N) is 1. The zero-order valence-electron chi connectivity index (χ0n) is 10.7. The molecule has 1 N–H and O–H groups in total. The smallest absolute Gasteiger partial charge is 0.0797 e. The van der Waals surface area contributed by atoms with Gasteiger partial charge in [-0.05, 0) is 38.9 Å². The first-order valence-corrected chi connectivity index (χ1v) is 8.61. The molecule has 0 saturated heterocycles. The topological polar surface area (TPSA) is 24.9 Å². The van der Waals surface area contributed by atoms with Crippen LogP contribution in [-0.4, -0.2) is 29.1 Å². The summed E-state index contributed by atoms with van der Waals surface area (Å²) in [5.74, 6) is 0. The lowest BCUT2D eigenvalue weighted by Crippen LogP contribution is -2.36. The van der Waals surface area contributed by atoms with Crippen LogP contribution < -0.4 is 5.32 Å². The van der Waals surface area contributed by atoms with Gasteiger partial charge in [-0.1, -0.05) is 6.42 Å². The molecule has 1 aromatic rings. The van der Waals surface area contributed by atoms with Crippen LogP contribution in [0.3, 0.4) is 0 Å². The summed E-state index contributed by atoms with van der Waals surface area (Å²) in [5.41, 5.74) is 3.16. The number of thioether (sulfide) groups is 1. The van der Waals surface area contributed by atoms with Crippen LogP contribution in [0.25, 0.3) is 0 Å². The molecule has 1 aliphatic carbocycles. The molecule has 1 fully saturated rings. The predicted molar refractivity (Wildman–Crippen MR) is 78.1 cm³/mol. The Kier molecular flexibility index (Phi) is 5.32. The second kappa shape index (κ2) is 6.76. The second-order valence-corrected chi connectivity index (χ2v) is 6.86. The van der Waals surface area contributed by atoms with Gasteiger partial charge < -0.3 is 5.32 Å². The van der Waals surface area contributed by atoms with E-state index in [1.54, 1.807) is 11.3 Å². The van der Waals surface area contributed by atoms with E-state index in [2.05, 4.69) is 23.5 Å². The maximum atomic E-state index is 4.29. The molecule has 96 valence electrons. The van der Waals surface area contributed by atoms with Crippen molar-refractivity contribution in [1.82, 2.24) is 10.3 Å². The summed E-state index contributed by atoms with van der Waals surface area (Å²) in [4.78, 5) is 5.73. The molecule has 0 spiro atoms. The van der Waals surface area contributed by atoms with Crippen LogP contribution in [0.15, 0.2) is 5.51 Å². The quantitative estimate of drug-likeness (QED) is 0.889. The number of aromatic nitrogens is 1. The first-order chi connectivity index (χ1) is 8.29. The van der Waals surface area contributed by atoms with Crippen molar-refractivity contribution in [3.8, 4) is 0 Å². The van der Waals surface area contributed by atoms with E-state index in [0.717, 1.165) is 24.3 Å². The molecule has 1 aliphatic rings. The summed E-state index contributed by atoms with van der Waals surface area (Å²) in [6.45, 7) is 3.21. The lowest BCUT2D eigenvalue weighted by molar-refractivity contribution is 0.383. The number of hydrogen-bond donors (Lipinski definition) is 1. The molecule has 0 aliphatic heterocycles. The van der Waals surface area contributed by atoms with Crippen LogP contribution in [-0.2, 0) is 6.42 Å². The fourth-order valence-electron chi connectivity index (χ4n) is 2.50. The highest BCUT2D eigenvalue weighted by atomic mass is 32.2. The lowest BCUT2D eigenvalue weighted by atomic mass is 9.95. The standard InChI is InChI=1S/C13H22N2S2/c1-10-13(17-9-15-10)6-7-14-11-4-3-5-12(8-11)16-2/h9,11-12,14H,3-8H2,1-2H3. The van der Waals surface area contributed by atoms with Crippen molar-refractivity contribution in [1.29, 1.82) is 0 Å². The van der Waals surface area contributed by atoms with Gasteiger partial charge in [0.25, 0.3) is 0 Å². The summed E-state index contributed by atoms with van der Waals surface area (Å²) in [6, 6.07) is 0.745. The van der Waals surface area contributed by atoms with Crippen molar-refractivity contribution >= 4 is 23.1 Å². The fourth-order valence-corrected chi connectivity index (χ4v) is 4.11. The van der Waals surface area contributed by atoms with Gasteiger partial charge in [0, 0.05) is 22.7 Å². The van der Waals surface area contributed by atoms with Gasteiger partial charge in [-0.25, -0.2) is 4.98 Å². The van der Waals surface area contributed by atoms with Crippen molar-refractivity contribution in [3.05, 3.63) is 16.1 Å². The average molecular weight is 270 g/mol. The largest absolute Gasteiger partial charge is 0.314 e. The predicted octanol–water partition coefficient (Wildman–Crippen LogP) is 3.26. The normalized spacial score (nSPS) is 25.1. The molecule has 1 aromatic heterocycles. The molecule has 2 nitrogen and oxygen atoms in total. The molecule has 0 radical (unpaired) electrons. The number of rotatable bonds is 5. The SMILES string of the molecule is CSC1CCCC(NCCc2scnc2C)C1. The lowest BCUT2D eigenvalue weighted by Gasteiger charge is -2.28. The van der Waals surface area contributed by atoms with Crippen molar-refractivity contribution in [3.63, 3.8) is 0 Å². The minimum Gasteiger partial charge on any atom is -0.314 e. The molecule has 0 amide bonds. The monoisotopic (exact) mass is 270 g/mol. The highest BCUT2D eigenvalue weighted by Gasteiger charge is 2.20. The van der Waals surface area contributed by atoms with Gasteiger partial charge in [0.15, 0.2) is 0 Å². The van der Waals surface area contributed by atoms with Crippen molar-refractivity contribution in [2.75, 3.05) is 12.8 Å². The van der Waals surface area contributed by atoms with E-state index < -0.39 is 0 Å². The van der Waals surface area contributed by atoms with E-state index in [1.165, 1.54) is 36.3 Å². The Hall–Kier alpha value is -0.0600. The summed E-state index contributed by atoms with van der Waals surface area (Å²) < 4.78 is 0. The minimum atomic E-state index is 0.745. The Bertz CT molecular complexity index is 338. The van der Waals surface area contributed by atoms with E-state index in [9.17, 15) is 0 Å². The number of nitrogens with zero attached hydrogens (tertiary/aromatic N) is 1. The van der Waals surface area contributed by atoms with Gasteiger partial charge in [0.1, 0.15) is 0 Å². The minimum absolute atomic E-state index is 0.745. The maximum Gasteiger partial charge on any atom is 0.0797 e. The van der Waals surface area contributed by atoms with Crippen LogP contribution in [0.2, 0.25) is 0 Å². The van der Waals surface area contributed by atoms with Crippen molar-refractivity contribution < 1.29 is 0 Å². The summed E-state index contributed by atoms with van der Waals surface area (Å²) in [6.07, 6.45) is 8.89. The zero-order chi connectivity index (χ0) is 12.1. The van der Waals surface area contributed by atoms with Crippen molar-refractivity contribution in [2.45, 2.75) is 50.3 Å². The highest BCUT2D eigenvalue weighted by molar-refractivity contribution is 7.99. The molecule has 0 bridgehead atoms. The summed E-state index contributed by atoms with van der Waals surface area (Å²) >= 11 is 3.82. The Morgan fingerprint density at radius 2 is 2.41 bits per heavy atom.